The number of pyridine rings is 2. The molecule has 3 nitrogen and oxygen atoms in total. The van der Waals surface area contributed by atoms with Crippen molar-refractivity contribution in [1.29, 1.82) is 0 Å². The molecule has 1 atom stereocenters. The number of hydrogen-bond acceptors (Lipinski definition) is 3. The quantitative estimate of drug-likeness (QED) is 0.476. The van der Waals surface area contributed by atoms with Crippen LogP contribution < -0.4 is 5.56 Å². The van der Waals surface area contributed by atoms with Gasteiger partial charge in [0, 0.05) is 45.2 Å². The maximum Gasteiger partial charge on any atom is 0.253 e. The first-order valence-electron chi connectivity index (χ1n) is 9.27. The number of rotatable bonds is 3. The van der Waals surface area contributed by atoms with E-state index in [0.717, 1.165) is 45.1 Å². The van der Waals surface area contributed by atoms with Crippen molar-refractivity contribution in [3.8, 4) is 22.3 Å². The molecule has 0 amide bonds. The fourth-order valence-corrected chi connectivity index (χ4v) is 4.83. The van der Waals surface area contributed by atoms with Gasteiger partial charge >= 0.3 is 0 Å². The normalized spacial score (nSPS) is 15.9. The summed E-state index contributed by atoms with van der Waals surface area (Å²) in [4.78, 5) is 20.4. The Bertz CT molecular complexity index is 1240. The summed E-state index contributed by atoms with van der Waals surface area (Å²) < 4.78 is 0. The van der Waals surface area contributed by atoms with E-state index in [1.807, 2.05) is 30.5 Å². The van der Waals surface area contributed by atoms with Crippen LogP contribution in [0.1, 0.15) is 17.2 Å². The minimum absolute atomic E-state index is 0.00156. The van der Waals surface area contributed by atoms with Gasteiger partial charge < -0.3 is 4.98 Å². The summed E-state index contributed by atoms with van der Waals surface area (Å²) >= 11 is 1.72. The average Bonchev–Trinajstić information content (AvgIpc) is 3.28. The van der Waals surface area contributed by atoms with Gasteiger partial charge in [-0.1, -0.05) is 48.5 Å². The van der Waals surface area contributed by atoms with Gasteiger partial charge in [-0.2, -0.15) is 0 Å². The fraction of sp³-hybridized carbons (Fsp3) is 0.0833. The number of aromatic amines is 1. The van der Waals surface area contributed by atoms with Crippen LogP contribution in [0.5, 0.6) is 0 Å². The number of allylic oxidation sites excluding steroid dienone is 1. The van der Waals surface area contributed by atoms with E-state index < -0.39 is 0 Å². The summed E-state index contributed by atoms with van der Waals surface area (Å²) in [7, 11) is 0. The Hall–Kier alpha value is -3.11. The van der Waals surface area contributed by atoms with Crippen molar-refractivity contribution >= 4 is 22.7 Å². The molecule has 1 aliphatic rings. The largest absolute Gasteiger partial charge is 0.322 e. The van der Waals surface area contributed by atoms with Crippen LogP contribution in [0.2, 0.25) is 0 Å². The van der Waals surface area contributed by atoms with E-state index in [-0.39, 0.29) is 10.8 Å². The first-order valence-corrected chi connectivity index (χ1v) is 10.2. The standard InChI is InChI=1S/C24H18N2OS/c27-24-23(21-11-5-13-28-21)22(19-9-1-2-10-20(19)26-24)17-7-3-6-16(14-17)18-8-4-12-25-15-18/h1-10,12-15,21H,11H2,(H,26,27). The Balaban J connectivity index is 1.78. The van der Waals surface area contributed by atoms with E-state index in [4.69, 9.17) is 0 Å². The van der Waals surface area contributed by atoms with Gasteiger partial charge in [-0.25, -0.2) is 0 Å². The van der Waals surface area contributed by atoms with Crippen molar-refractivity contribution in [3.63, 3.8) is 0 Å². The van der Waals surface area contributed by atoms with Crippen LogP contribution in [-0.4, -0.2) is 9.97 Å². The molecule has 28 heavy (non-hydrogen) atoms. The van der Waals surface area contributed by atoms with E-state index in [9.17, 15) is 4.79 Å². The van der Waals surface area contributed by atoms with Crippen LogP contribution in [0.4, 0.5) is 0 Å². The van der Waals surface area contributed by atoms with Crippen LogP contribution in [0.15, 0.2) is 89.3 Å². The van der Waals surface area contributed by atoms with Crippen molar-refractivity contribution in [1.82, 2.24) is 9.97 Å². The molecule has 3 heterocycles. The Kier molecular flexibility index (Phi) is 4.34. The minimum Gasteiger partial charge on any atom is -0.322 e. The number of benzene rings is 2. The zero-order valence-electron chi connectivity index (χ0n) is 15.1. The lowest BCUT2D eigenvalue weighted by molar-refractivity contribution is 0.966. The Morgan fingerprint density at radius 1 is 0.964 bits per heavy atom. The highest BCUT2D eigenvalue weighted by molar-refractivity contribution is 8.02. The monoisotopic (exact) mass is 382 g/mol. The molecule has 0 aliphatic carbocycles. The molecule has 4 aromatic rings. The molecule has 0 fully saturated rings. The summed E-state index contributed by atoms with van der Waals surface area (Å²) in [6.07, 6.45) is 6.66. The second kappa shape index (κ2) is 7.13. The number of aromatic nitrogens is 2. The second-order valence-corrected chi connectivity index (χ2v) is 7.96. The number of hydrogen-bond donors (Lipinski definition) is 1. The summed E-state index contributed by atoms with van der Waals surface area (Å²) in [5.74, 6) is 0. The average molecular weight is 382 g/mol. The fourth-order valence-electron chi connectivity index (χ4n) is 3.84. The van der Waals surface area contributed by atoms with Crippen molar-refractivity contribution in [2.45, 2.75) is 11.7 Å². The molecule has 4 heteroatoms. The third-order valence-corrected chi connectivity index (χ3v) is 6.22. The molecule has 2 aromatic heterocycles. The summed E-state index contributed by atoms with van der Waals surface area (Å²) in [5.41, 5.74) is 5.99. The Morgan fingerprint density at radius 3 is 2.64 bits per heavy atom. The van der Waals surface area contributed by atoms with Crippen LogP contribution in [0.25, 0.3) is 33.2 Å². The molecule has 5 rings (SSSR count). The molecule has 136 valence electrons. The summed E-state index contributed by atoms with van der Waals surface area (Å²) in [5, 5.41) is 3.31. The van der Waals surface area contributed by atoms with Crippen molar-refractivity contribution in [2.75, 3.05) is 0 Å². The highest BCUT2D eigenvalue weighted by Crippen LogP contribution is 2.43. The number of nitrogens with one attached hydrogen (secondary N) is 1. The predicted octanol–water partition coefficient (Wildman–Crippen LogP) is 5.95. The summed E-state index contributed by atoms with van der Waals surface area (Å²) in [6, 6.07) is 20.4. The number of H-pyrrole nitrogens is 1. The lowest BCUT2D eigenvalue weighted by Gasteiger charge is -2.17. The third kappa shape index (κ3) is 2.96. The molecule has 1 N–H and O–H groups in total. The maximum absolute atomic E-state index is 13.1. The molecule has 0 saturated carbocycles. The third-order valence-electron chi connectivity index (χ3n) is 5.12. The van der Waals surface area contributed by atoms with Crippen LogP contribution in [-0.2, 0) is 0 Å². The number of para-hydroxylation sites is 1. The van der Waals surface area contributed by atoms with Gasteiger partial charge in [0.25, 0.3) is 5.56 Å². The van der Waals surface area contributed by atoms with Crippen LogP contribution >= 0.6 is 11.8 Å². The van der Waals surface area contributed by atoms with Gasteiger partial charge in [0.1, 0.15) is 0 Å². The van der Waals surface area contributed by atoms with Gasteiger partial charge in [-0.3, -0.25) is 9.78 Å². The molecule has 0 saturated heterocycles. The molecule has 0 bridgehead atoms. The molecule has 2 aromatic carbocycles. The first-order chi connectivity index (χ1) is 13.8. The number of fused-ring (bicyclic) bond motifs is 1. The lowest BCUT2D eigenvalue weighted by Crippen LogP contribution is -2.16. The smallest absolute Gasteiger partial charge is 0.253 e. The van der Waals surface area contributed by atoms with Gasteiger partial charge in [0.2, 0.25) is 0 Å². The van der Waals surface area contributed by atoms with E-state index in [0.29, 0.717) is 0 Å². The highest BCUT2D eigenvalue weighted by atomic mass is 32.2. The molecule has 1 unspecified atom stereocenters. The highest BCUT2D eigenvalue weighted by Gasteiger charge is 2.24. The predicted molar refractivity (Wildman–Crippen MR) is 117 cm³/mol. The van der Waals surface area contributed by atoms with Crippen molar-refractivity contribution in [2.24, 2.45) is 0 Å². The van der Waals surface area contributed by atoms with Gasteiger partial charge in [0.15, 0.2) is 0 Å². The molecule has 0 spiro atoms. The van der Waals surface area contributed by atoms with Crippen LogP contribution in [0, 0.1) is 0 Å². The van der Waals surface area contributed by atoms with Crippen LogP contribution in [0.3, 0.4) is 0 Å². The van der Waals surface area contributed by atoms with E-state index in [1.54, 1.807) is 18.0 Å². The SMILES string of the molecule is O=c1[nH]c2ccccc2c(-c2cccc(-c3cccnc3)c2)c1C1CC=CS1. The summed E-state index contributed by atoms with van der Waals surface area (Å²) in [6.45, 7) is 0. The topological polar surface area (TPSA) is 45.8 Å². The lowest BCUT2D eigenvalue weighted by atomic mass is 9.92. The molecular formula is C24H18N2OS. The van der Waals surface area contributed by atoms with Crippen molar-refractivity contribution < 1.29 is 0 Å². The van der Waals surface area contributed by atoms with E-state index in [1.165, 1.54) is 0 Å². The minimum atomic E-state index is 0.00156. The van der Waals surface area contributed by atoms with E-state index in [2.05, 4.69) is 57.9 Å². The van der Waals surface area contributed by atoms with Gasteiger partial charge in [0.05, 0.1) is 0 Å². The molecular weight excluding hydrogens is 364 g/mol. The zero-order chi connectivity index (χ0) is 18.9. The number of thioether (sulfide) groups is 1. The number of nitrogens with zero attached hydrogens (tertiary/aromatic N) is 1. The Morgan fingerprint density at radius 2 is 1.82 bits per heavy atom. The Labute approximate surface area is 167 Å². The first kappa shape index (κ1) is 17.0. The van der Waals surface area contributed by atoms with Gasteiger partial charge in [-0.05, 0) is 41.2 Å². The van der Waals surface area contributed by atoms with Gasteiger partial charge in [-0.15, -0.1) is 11.8 Å². The molecule has 0 radical (unpaired) electrons. The van der Waals surface area contributed by atoms with E-state index >= 15 is 0 Å². The zero-order valence-corrected chi connectivity index (χ0v) is 15.9. The second-order valence-electron chi connectivity index (χ2n) is 6.84. The van der Waals surface area contributed by atoms with Crippen molar-refractivity contribution in [3.05, 3.63) is 100 Å². The molecule has 1 aliphatic heterocycles. The maximum atomic E-state index is 13.1.